The third-order valence-corrected chi connectivity index (χ3v) is 4.90. The van der Waals surface area contributed by atoms with Crippen LogP contribution in [0.3, 0.4) is 0 Å². The molecular formula is C24H23N. The van der Waals surface area contributed by atoms with E-state index < -0.39 is 0 Å². The summed E-state index contributed by atoms with van der Waals surface area (Å²) < 4.78 is 0. The summed E-state index contributed by atoms with van der Waals surface area (Å²) in [6, 6.07) is 26.3. The van der Waals surface area contributed by atoms with E-state index >= 15 is 0 Å². The molecule has 1 heteroatoms. The fourth-order valence-electron chi connectivity index (χ4n) is 3.43. The Labute approximate surface area is 149 Å². The zero-order valence-corrected chi connectivity index (χ0v) is 15.0. The van der Waals surface area contributed by atoms with Crippen molar-refractivity contribution >= 4 is 10.8 Å². The molecule has 0 unspecified atom stereocenters. The minimum absolute atomic E-state index is 0.519. The minimum atomic E-state index is 0.519. The van der Waals surface area contributed by atoms with Crippen molar-refractivity contribution < 1.29 is 0 Å². The smallest absolute Gasteiger partial charge is 0.0458 e. The molecule has 0 saturated heterocycles. The number of rotatable bonds is 3. The van der Waals surface area contributed by atoms with Crippen molar-refractivity contribution in [3.05, 3.63) is 83.9 Å². The topological polar surface area (TPSA) is 15.8 Å². The number of aromatic nitrogens is 1. The molecule has 0 bridgehead atoms. The van der Waals surface area contributed by atoms with Crippen LogP contribution in [0.15, 0.2) is 72.8 Å². The highest BCUT2D eigenvalue weighted by atomic mass is 14.7. The zero-order valence-electron chi connectivity index (χ0n) is 15.0. The predicted molar refractivity (Wildman–Crippen MR) is 108 cm³/mol. The SMILES string of the molecule is Cc1ccc(-c2ccc(-c3ccc4cccc(C(C)C)c4c3)[nH]2)cc1. The summed E-state index contributed by atoms with van der Waals surface area (Å²) >= 11 is 0. The largest absolute Gasteiger partial charge is 0.355 e. The number of benzene rings is 3. The minimum Gasteiger partial charge on any atom is -0.355 e. The summed E-state index contributed by atoms with van der Waals surface area (Å²) in [5.41, 5.74) is 7.47. The van der Waals surface area contributed by atoms with Crippen molar-refractivity contribution in [3.8, 4) is 22.5 Å². The van der Waals surface area contributed by atoms with Gasteiger partial charge in [-0.3, -0.25) is 0 Å². The molecule has 0 aliphatic heterocycles. The summed E-state index contributed by atoms with van der Waals surface area (Å²) in [5, 5.41) is 2.65. The highest BCUT2D eigenvalue weighted by Gasteiger charge is 2.08. The highest BCUT2D eigenvalue weighted by Crippen LogP contribution is 2.31. The number of hydrogen-bond acceptors (Lipinski definition) is 0. The van der Waals surface area contributed by atoms with Crippen LogP contribution in [-0.2, 0) is 0 Å². The number of aryl methyl sites for hydroxylation is 1. The Morgan fingerprint density at radius 1 is 0.720 bits per heavy atom. The molecule has 124 valence electrons. The first-order valence-corrected chi connectivity index (χ1v) is 8.91. The van der Waals surface area contributed by atoms with Crippen molar-refractivity contribution in [1.82, 2.24) is 4.98 Å². The van der Waals surface area contributed by atoms with Gasteiger partial charge in [-0.2, -0.15) is 0 Å². The molecule has 0 atom stereocenters. The van der Waals surface area contributed by atoms with Gasteiger partial charge in [0.25, 0.3) is 0 Å². The van der Waals surface area contributed by atoms with Crippen LogP contribution in [0.4, 0.5) is 0 Å². The molecule has 1 aromatic heterocycles. The van der Waals surface area contributed by atoms with E-state index in [-0.39, 0.29) is 0 Å². The van der Waals surface area contributed by atoms with Crippen LogP contribution in [0.2, 0.25) is 0 Å². The van der Waals surface area contributed by atoms with E-state index in [0.29, 0.717) is 5.92 Å². The van der Waals surface area contributed by atoms with Gasteiger partial charge in [0, 0.05) is 11.4 Å². The first-order valence-electron chi connectivity index (χ1n) is 8.91. The lowest BCUT2D eigenvalue weighted by Gasteiger charge is -2.11. The van der Waals surface area contributed by atoms with Gasteiger partial charge >= 0.3 is 0 Å². The molecule has 0 radical (unpaired) electrons. The van der Waals surface area contributed by atoms with Gasteiger partial charge < -0.3 is 4.98 Å². The lowest BCUT2D eigenvalue weighted by Crippen LogP contribution is -1.90. The molecule has 0 aliphatic carbocycles. The van der Waals surface area contributed by atoms with Gasteiger partial charge in [0.15, 0.2) is 0 Å². The van der Waals surface area contributed by atoms with Crippen molar-refractivity contribution in [2.24, 2.45) is 0 Å². The molecule has 0 fully saturated rings. The first kappa shape index (κ1) is 15.7. The second-order valence-corrected chi connectivity index (χ2v) is 7.09. The van der Waals surface area contributed by atoms with E-state index in [1.807, 2.05) is 0 Å². The van der Waals surface area contributed by atoms with Crippen molar-refractivity contribution in [1.29, 1.82) is 0 Å². The molecule has 0 aliphatic rings. The van der Waals surface area contributed by atoms with Gasteiger partial charge in [0.1, 0.15) is 0 Å². The lowest BCUT2D eigenvalue weighted by atomic mass is 9.94. The van der Waals surface area contributed by atoms with E-state index in [1.54, 1.807) is 0 Å². The molecule has 4 rings (SSSR count). The summed E-state index contributed by atoms with van der Waals surface area (Å²) in [6.45, 7) is 6.63. The summed E-state index contributed by atoms with van der Waals surface area (Å²) in [4.78, 5) is 3.58. The first-order chi connectivity index (χ1) is 12.1. The molecule has 25 heavy (non-hydrogen) atoms. The quantitative estimate of drug-likeness (QED) is 0.420. The molecule has 3 aromatic carbocycles. The van der Waals surface area contributed by atoms with Crippen LogP contribution < -0.4 is 0 Å². The highest BCUT2D eigenvalue weighted by molar-refractivity contribution is 5.90. The van der Waals surface area contributed by atoms with E-state index in [1.165, 1.54) is 33.0 Å². The fraction of sp³-hybridized carbons (Fsp3) is 0.167. The number of H-pyrrole nitrogens is 1. The molecule has 4 aromatic rings. The van der Waals surface area contributed by atoms with Crippen LogP contribution >= 0.6 is 0 Å². The van der Waals surface area contributed by atoms with Crippen LogP contribution in [-0.4, -0.2) is 4.98 Å². The van der Waals surface area contributed by atoms with Gasteiger partial charge in [0.2, 0.25) is 0 Å². The number of hydrogen-bond donors (Lipinski definition) is 1. The third kappa shape index (κ3) is 2.98. The van der Waals surface area contributed by atoms with Gasteiger partial charge in [-0.1, -0.05) is 74.0 Å². The molecule has 0 saturated carbocycles. The Kier molecular flexibility index (Phi) is 3.93. The maximum Gasteiger partial charge on any atom is 0.0458 e. The molecule has 1 nitrogen and oxygen atoms in total. The Morgan fingerprint density at radius 2 is 1.40 bits per heavy atom. The van der Waals surface area contributed by atoms with Crippen LogP contribution in [0.25, 0.3) is 33.3 Å². The third-order valence-electron chi connectivity index (χ3n) is 4.90. The number of nitrogens with one attached hydrogen (secondary N) is 1. The second-order valence-electron chi connectivity index (χ2n) is 7.09. The zero-order chi connectivity index (χ0) is 17.4. The Balaban J connectivity index is 1.77. The van der Waals surface area contributed by atoms with Crippen molar-refractivity contribution in [3.63, 3.8) is 0 Å². The molecule has 1 N–H and O–H groups in total. The average Bonchev–Trinajstić information content (AvgIpc) is 3.11. The molecule has 1 heterocycles. The fourth-order valence-corrected chi connectivity index (χ4v) is 3.43. The lowest BCUT2D eigenvalue weighted by molar-refractivity contribution is 0.876. The number of aromatic amines is 1. The van der Waals surface area contributed by atoms with Gasteiger partial charge in [-0.05, 0) is 58.5 Å². The monoisotopic (exact) mass is 325 g/mol. The van der Waals surface area contributed by atoms with Crippen molar-refractivity contribution in [2.45, 2.75) is 26.7 Å². The second kappa shape index (κ2) is 6.25. The Hall–Kier alpha value is -2.80. The number of fused-ring (bicyclic) bond motifs is 1. The van der Waals surface area contributed by atoms with Gasteiger partial charge in [0.05, 0.1) is 0 Å². The standard InChI is InChI=1S/C24H23N/c1-16(2)21-6-4-5-18-11-12-20(15-22(18)21)24-14-13-23(25-24)19-9-7-17(3)8-10-19/h4-16,25H,1-3H3. The molecular weight excluding hydrogens is 302 g/mol. The van der Waals surface area contributed by atoms with Crippen LogP contribution in [0.1, 0.15) is 30.9 Å². The van der Waals surface area contributed by atoms with E-state index in [2.05, 4.69) is 98.6 Å². The van der Waals surface area contributed by atoms with Gasteiger partial charge in [-0.25, -0.2) is 0 Å². The van der Waals surface area contributed by atoms with Gasteiger partial charge in [-0.15, -0.1) is 0 Å². The maximum atomic E-state index is 3.58. The maximum absolute atomic E-state index is 3.58. The summed E-state index contributed by atoms with van der Waals surface area (Å²) in [6.07, 6.45) is 0. The predicted octanol–water partition coefficient (Wildman–Crippen LogP) is 6.93. The molecule has 0 spiro atoms. The normalized spacial score (nSPS) is 11.4. The molecule has 0 amide bonds. The van der Waals surface area contributed by atoms with Crippen LogP contribution in [0.5, 0.6) is 0 Å². The van der Waals surface area contributed by atoms with E-state index in [4.69, 9.17) is 0 Å². The van der Waals surface area contributed by atoms with E-state index in [9.17, 15) is 0 Å². The average molecular weight is 325 g/mol. The van der Waals surface area contributed by atoms with Crippen molar-refractivity contribution in [2.75, 3.05) is 0 Å². The Morgan fingerprint density at radius 3 is 2.12 bits per heavy atom. The summed E-state index contributed by atoms with van der Waals surface area (Å²) in [7, 11) is 0. The van der Waals surface area contributed by atoms with E-state index in [0.717, 1.165) is 11.4 Å². The summed E-state index contributed by atoms with van der Waals surface area (Å²) in [5.74, 6) is 0.519. The Bertz CT molecular complexity index is 1020. The van der Waals surface area contributed by atoms with Crippen LogP contribution in [0, 0.1) is 6.92 Å².